The van der Waals surface area contributed by atoms with E-state index in [1.165, 1.54) is 11.3 Å². The fourth-order valence-electron chi connectivity index (χ4n) is 3.10. The molecule has 1 aliphatic heterocycles. The summed E-state index contributed by atoms with van der Waals surface area (Å²) < 4.78 is 0. The molecule has 0 radical (unpaired) electrons. The lowest BCUT2D eigenvalue weighted by Gasteiger charge is -2.35. The van der Waals surface area contributed by atoms with Crippen molar-refractivity contribution in [1.29, 1.82) is 0 Å². The number of thiazole rings is 1. The van der Waals surface area contributed by atoms with Crippen molar-refractivity contribution in [3.8, 4) is 11.3 Å². The molecule has 1 aromatic carbocycles. The SMILES string of the molecule is CC(C)(C)C(=O)N1CCC(C(=O)Nc2nc(-c3ccccc3)cs2)CC1. The molecule has 0 atom stereocenters. The van der Waals surface area contributed by atoms with Gasteiger partial charge in [-0.05, 0) is 12.8 Å². The van der Waals surface area contributed by atoms with Gasteiger partial charge in [-0.3, -0.25) is 9.59 Å². The van der Waals surface area contributed by atoms with Crippen molar-refractivity contribution in [3.63, 3.8) is 0 Å². The number of hydrogen-bond acceptors (Lipinski definition) is 4. The summed E-state index contributed by atoms with van der Waals surface area (Å²) >= 11 is 1.44. The van der Waals surface area contributed by atoms with Crippen LogP contribution < -0.4 is 5.32 Å². The Hall–Kier alpha value is -2.21. The van der Waals surface area contributed by atoms with Crippen LogP contribution in [0.3, 0.4) is 0 Å². The molecule has 138 valence electrons. The number of rotatable bonds is 3. The largest absolute Gasteiger partial charge is 0.342 e. The summed E-state index contributed by atoms with van der Waals surface area (Å²) in [6.07, 6.45) is 1.40. The Kier molecular flexibility index (Phi) is 5.41. The molecule has 0 unspecified atom stereocenters. The zero-order chi connectivity index (χ0) is 18.7. The number of nitrogens with one attached hydrogen (secondary N) is 1. The molecule has 2 aromatic rings. The predicted molar refractivity (Wildman–Crippen MR) is 105 cm³/mol. The molecule has 1 fully saturated rings. The van der Waals surface area contributed by atoms with Gasteiger partial charge in [-0.15, -0.1) is 11.3 Å². The van der Waals surface area contributed by atoms with E-state index >= 15 is 0 Å². The van der Waals surface area contributed by atoms with Gasteiger partial charge in [0, 0.05) is 35.4 Å². The summed E-state index contributed by atoms with van der Waals surface area (Å²) in [5, 5.41) is 5.52. The van der Waals surface area contributed by atoms with Gasteiger partial charge in [0.15, 0.2) is 5.13 Å². The van der Waals surface area contributed by atoms with E-state index in [0.29, 0.717) is 31.1 Å². The second-order valence-corrected chi connectivity index (χ2v) is 8.57. The summed E-state index contributed by atoms with van der Waals surface area (Å²) in [6, 6.07) is 9.92. The number of amides is 2. The molecule has 1 aromatic heterocycles. The lowest BCUT2D eigenvalue weighted by atomic mass is 9.91. The van der Waals surface area contributed by atoms with Crippen molar-refractivity contribution < 1.29 is 9.59 Å². The fraction of sp³-hybridized carbons (Fsp3) is 0.450. The number of anilines is 1. The van der Waals surface area contributed by atoms with Gasteiger partial charge in [0.2, 0.25) is 11.8 Å². The van der Waals surface area contributed by atoms with Gasteiger partial charge < -0.3 is 10.2 Å². The van der Waals surface area contributed by atoms with Crippen LogP contribution in [0.25, 0.3) is 11.3 Å². The molecule has 5 nitrogen and oxygen atoms in total. The topological polar surface area (TPSA) is 62.3 Å². The minimum atomic E-state index is -0.371. The van der Waals surface area contributed by atoms with Crippen molar-refractivity contribution in [2.24, 2.45) is 11.3 Å². The fourth-order valence-corrected chi connectivity index (χ4v) is 3.82. The summed E-state index contributed by atoms with van der Waals surface area (Å²) in [4.78, 5) is 31.3. The van der Waals surface area contributed by atoms with E-state index in [-0.39, 0.29) is 23.1 Å². The number of piperidine rings is 1. The predicted octanol–water partition coefficient (Wildman–Crippen LogP) is 4.03. The molecule has 6 heteroatoms. The second-order valence-electron chi connectivity index (χ2n) is 7.71. The lowest BCUT2D eigenvalue weighted by Crippen LogP contribution is -2.45. The minimum absolute atomic E-state index is 0.00168. The number of aromatic nitrogens is 1. The third kappa shape index (κ3) is 4.30. The van der Waals surface area contributed by atoms with Gasteiger partial charge in [-0.2, -0.15) is 0 Å². The lowest BCUT2D eigenvalue weighted by molar-refractivity contribution is -0.142. The van der Waals surface area contributed by atoms with Crippen LogP contribution in [0.5, 0.6) is 0 Å². The minimum Gasteiger partial charge on any atom is -0.342 e. The van der Waals surface area contributed by atoms with E-state index in [9.17, 15) is 9.59 Å². The first-order chi connectivity index (χ1) is 12.3. The van der Waals surface area contributed by atoms with E-state index in [4.69, 9.17) is 0 Å². The van der Waals surface area contributed by atoms with Gasteiger partial charge in [0.05, 0.1) is 5.69 Å². The number of carbonyl (C=O) groups excluding carboxylic acids is 2. The van der Waals surface area contributed by atoms with Crippen molar-refractivity contribution in [3.05, 3.63) is 35.7 Å². The highest BCUT2D eigenvalue weighted by Crippen LogP contribution is 2.27. The van der Waals surface area contributed by atoms with Crippen LogP contribution in [-0.4, -0.2) is 34.8 Å². The summed E-state index contributed by atoms with van der Waals surface area (Å²) in [5.41, 5.74) is 1.54. The number of nitrogens with zero attached hydrogens (tertiary/aromatic N) is 2. The first-order valence-electron chi connectivity index (χ1n) is 8.96. The van der Waals surface area contributed by atoms with Gasteiger partial charge in [-0.1, -0.05) is 51.1 Å². The highest BCUT2D eigenvalue weighted by Gasteiger charge is 2.32. The number of hydrogen-bond donors (Lipinski definition) is 1. The zero-order valence-corrected chi connectivity index (χ0v) is 16.3. The smallest absolute Gasteiger partial charge is 0.229 e. The Morgan fingerprint density at radius 3 is 2.42 bits per heavy atom. The molecule has 0 saturated carbocycles. The Labute approximate surface area is 158 Å². The summed E-state index contributed by atoms with van der Waals surface area (Å²) in [6.45, 7) is 7.07. The maximum atomic E-state index is 12.5. The molecule has 1 N–H and O–H groups in total. The number of benzene rings is 1. The number of likely N-dealkylation sites (tertiary alicyclic amines) is 1. The zero-order valence-electron chi connectivity index (χ0n) is 15.5. The summed E-state index contributed by atoms with van der Waals surface area (Å²) in [5.74, 6) is 0.0914. The Morgan fingerprint density at radius 1 is 1.15 bits per heavy atom. The maximum Gasteiger partial charge on any atom is 0.229 e. The first kappa shape index (κ1) is 18.6. The van der Waals surface area contributed by atoms with E-state index in [1.807, 2.05) is 61.4 Å². The second kappa shape index (κ2) is 7.58. The standard InChI is InChI=1S/C20H25N3O2S/c1-20(2,3)18(25)23-11-9-15(10-12-23)17(24)22-19-21-16(13-26-19)14-7-5-4-6-8-14/h4-8,13,15H,9-12H2,1-3H3,(H,21,22,24). The van der Waals surface area contributed by atoms with Crippen LogP contribution in [0, 0.1) is 11.3 Å². The van der Waals surface area contributed by atoms with Crippen molar-refractivity contribution >= 4 is 28.3 Å². The van der Waals surface area contributed by atoms with Crippen LogP contribution >= 0.6 is 11.3 Å². The van der Waals surface area contributed by atoms with E-state index in [2.05, 4.69) is 10.3 Å². The van der Waals surface area contributed by atoms with Crippen LogP contribution in [0.2, 0.25) is 0 Å². The Balaban J connectivity index is 1.55. The quantitative estimate of drug-likeness (QED) is 0.886. The first-order valence-corrected chi connectivity index (χ1v) is 9.84. The van der Waals surface area contributed by atoms with E-state index < -0.39 is 0 Å². The molecule has 26 heavy (non-hydrogen) atoms. The highest BCUT2D eigenvalue weighted by atomic mass is 32.1. The van der Waals surface area contributed by atoms with Crippen molar-refractivity contribution in [1.82, 2.24) is 9.88 Å². The molecule has 1 saturated heterocycles. The van der Waals surface area contributed by atoms with E-state index in [1.54, 1.807) is 0 Å². The Bertz CT molecular complexity index is 772. The van der Waals surface area contributed by atoms with Gasteiger partial charge in [-0.25, -0.2) is 4.98 Å². The maximum absolute atomic E-state index is 12.5. The normalized spacial score (nSPS) is 15.7. The monoisotopic (exact) mass is 371 g/mol. The number of carbonyl (C=O) groups is 2. The van der Waals surface area contributed by atoms with Crippen LogP contribution in [0.4, 0.5) is 5.13 Å². The average molecular weight is 372 g/mol. The van der Waals surface area contributed by atoms with Crippen LogP contribution in [0.1, 0.15) is 33.6 Å². The summed E-state index contributed by atoms with van der Waals surface area (Å²) in [7, 11) is 0. The molecule has 0 aliphatic carbocycles. The third-order valence-corrected chi connectivity index (χ3v) is 5.36. The Morgan fingerprint density at radius 2 is 1.81 bits per heavy atom. The molecule has 2 amide bonds. The average Bonchev–Trinajstić information content (AvgIpc) is 3.09. The van der Waals surface area contributed by atoms with Crippen LogP contribution in [-0.2, 0) is 9.59 Å². The van der Waals surface area contributed by atoms with Gasteiger partial charge in [0.1, 0.15) is 0 Å². The van der Waals surface area contributed by atoms with Gasteiger partial charge >= 0.3 is 0 Å². The molecule has 2 heterocycles. The molecule has 1 aliphatic rings. The third-order valence-electron chi connectivity index (χ3n) is 4.60. The van der Waals surface area contributed by atoms with Gasteiger partial charge in [0.25, 0.3) is 0 Å². The molecule has 3 rings (SSSR count). The highest BCUT2D eigenvalue weighted by molar-refractivity contribution is 7.14. The molecule has 0 spiro atoms. The van der Waals surface area contributed by atoms with Crippen molar-refractivity contribution in [2.45, 2.75) is 33.6 Å². The molecule has 0 bridgehead atoms. The van der Waals surface area contributed by atoms with E-state index in [0.717, 1.165) is 11.3 Å². The molecular weight excluding hydrogens is 346 g/mol. The van der Waals surface area contributed by atoms with Crippen LogP contribution in [0.15, 0.2) is 35.7 Å². The molecular formula is C20H25N3O2S. The van der Waals surface area contributed by atoms with Crippen molar-refractivity contribution in [2.75, 3.05) is 18.4 Å².